The molecule has 1 amide bonds. The minimum absolute atomic E-state index is 0.114. The summed E-state index contributed by atoms with van der Waals surface area (Å²) in [6, 6.07) is 16.1. The van der Waals surface area contributed by atoms with Crippen molar-refractivity contribution < 1.29 is 37.0 Å². The second kappa shape index (κ2) is 13.3. The average Bonchev–Trinajstić information content (AvgIpc) is 3.70. The Labute approximate surface area is 277 Å². The number of pyridine rings is 1. The Morgan fingerprint density at radius 2 is 1.73 bits per heavy atom. The summed E-state index contributed by atoms with van der Waals surface area (Å²) >= 11 is 0. The van der Waals surface area contributed by atoms with Crippen molar-refractivity contribution in [2.75, 3.05) is 56.2 Å². The van der Waals surface area contributed by atoms with Crippen LogP contribution in [0.3, 0.4) is 0 Å². The Bertz CT molecular complexity index is 1610. The maximum absolute atomic E-state index is 17.6. The Kier molecular flexibility index (Phi) is 9.28. The van der Waals surface area contributed by atoms with E-state index < -0.39 is 41.1 Å². The van der Waals surface area contributed by atoms with Crippen molar-refractivity contribution in [2.45, 2.75) is 49.9 Å². The van der Waals surface area contributed by atoms with E-state index in [-0.39, 0.29) is 38.0 Å². The highest BCUT2D eigenvalue weighted by Gasteiger charge is 2.57. The van der Waals surface area contributed by atoms with Gasteiger partial charge in [0.15, 0.2) is 0 Å². The molecule has 0 saturated carbocycles. The molecule has 4 atom stereocenters. The summed E-state index contributed by atoms with van der Waals surface area (Å²) in [4.78, 5) is 35.6. The van der Waals surface area contributed by atoms with Gasteiger partial charge >= 0.3 is 12.1 Å². The van der Waals surface area contributed by atoms with Gasteiger partial charge in [0, 0.05) is 56.4 Å². The van der Waals surface area contributed by atoms with E-state index in [2.05, 4.69) is 4.98 Å². The maximum Gasteiger partial charge on any atom is 0.416 e. The summed E-state index contributed by atoms with van der Waals surface area (Å²) in [6.07, 6.45) is -1.66. The highest BCUT2D eigenvalue weighted by Crippen LogP contribution is 2.47. The Balaban J connectivity index is 1.32. The number of hydrogen-bond donors (Lipinski definition) is 1. The molecule has 0 radical (unpaired) electrons. The van der Waals surface area contributed by atoms with Gasteiger partial charge in [-0.2, -0.15) is 13.2 Å². The van der Waals surface area contributed by atoms with E-state index in [1.165, 1.54) is 6.07 Å². The number of carboxylic acids is 1. The first-order valence-corrected chi connectivity index (χ1v) is 16.4. The molecule has 48 heavy (non-hydrogen) atoms. The molecule has 3 aliphatic rings. The monoisotopic (exact) mass is 668 g/mol. The first kappa shape index (κ1) is 33.5. The van der Waals surface area contributed by atoms with Gasteiger partial charge in [0.2, 0.25) is 5.67 Å². The zero-order valence-corrected chi connectivity index (χ0v) is 27.0. The Morgan fingerprint density at radius 3 is 2.33 bits per heavy atom. The van der Waals surface area contributed by atoms with E-state index in [1.807, 2.05) is 17.9 Å². The number of carbonyl (C=O) groups is 2. The molecule has 1 N–H and O–H groups in total. The zero-order chi connectivity index (χ0) is 34.2. The fraction of sp³-hybridized carbons (Fsp3) is 0.472. The fourth-order valence-electron chi connectivity index (χ4n) is 7.70. The van der Waals surface area contributed by atoms with Crippen LogP contribution in [0.5, 0.6) is 5.75 Å². The molecule has 4 heterocycles. The summed E-state index contributed by atoms with van der Waals surface area (Å²) in [6.45, 7) is 3.04. The van der Waals surface area contributed by atoms with Crippen molar-refractivity contribution >= 4 is 23.4 Å². The molecule has 2 aromatic carbocycles. The number of alkyl halides is 4. The number of halogens is 4. The third-order valence-corrected chi connectivity index (χ3v) is 10.4. The van der Waals surface area contributed by atoms with Crippen LogP contribution in [0.15, 0.2) is 66.9 Å². The average molecular weight is 669 g/mol. The van der Waals surface area contributed by atoms with Crippen molar-refractivity contribution in [3.8, 4) is 5.75 Å². The predicted molar refractivity (Wildman–Crippen MR) is 173 cm³/mol. The molecule has 0 spiro atoms. The molecule has 3 aliphatic heterocycles. The van der Waals surface area contributed by atoms with Crippen LogP contribution in [0.25, 0.3) is 0 Å². The third kappa shape index (κ3) is 6.41. The number of nitrogens with zero attached hydrogens (tertiary/aromatic N) is 4. The van der Waals surface area contributed by atoms with Gasteiger partial charge in [-0.05, 0) is 66.3 Å². The van der Waals surface area contributed by atoms with Gasteiger partial charge in [0.25, 0.3) is 5.91 Å². The molecule has 1 aromatic heterocycles. The number of likely N-dealkylation sites (tertiary alicyclic amines) is 1. The highest BCUT2D eigenvalue weighted by molar-refractivity contribution is 5.89. The van der Waals surface area contributed by atoms with Crippen LogP contribution in [-0.2, 0) is 15.8 Å². The molecular weight excluding hydrogens is 628 g/mol. The number of methoxy groups -OCH3 is 1. The van der Waals surface area contributed by atoms with Crippen molar-refractivity contribution in [1.29, 1.82) is 0 Å². The molecule has 8 nitrogen and oxygen atoms in total. The molecule has 256 valence electrons. The SMILES string of the molecule is CC[C@H]1CN(C(=O)[C@]2(F)CN(c3ccccn3)C[C@H]2c2ccc(OC)cc2)C[C@@H]1c1ccc(C(F)(F)F)cc1N1CCC(C(=O)O)CC1. The molecule has 3 fully saturated rings. The lowest BCUT2D eigenvalue weighted by molar-refractivity contribution is -0.143. The van der Waals surface area contributed by atoms with Gasteiger partial charge in [-0.1, -0.05) is 37.6 Å². The summed E-state index contributed by atoms with van der Waals surface area (Å²) in [5.74, 6) is -2.15. The summed E-state index contributed by atoms with van der Waals surface area (Å²) in [5, 5.41) is 9.48. The van der Waals surface area contributed by atoms with Gasteiger partial charge in [-0.25, -0.2) is 9.37 Å². The quantitative estimate of drug-likeness (QED) is 0.279. The molecule has 3 saturated heterocycles. The summed E-state index contributed by atoms with van der Waals surface area (Å²) in [7, 11) is 1.55. The second-order valence-corrected chi connectivity index (χ2v) is 13.1. The van der Waals surface area contributed by atoms with Crippen molar-refractivity contribution in [3.05, 3.63) is 83.6 Å². The lowest BCUT2D eigenvalue weighted by atomic mass is 9.84. The molecule has 6 rings (SSSR count). The van der Waals surface area contributed by atoms with Crippen molar-refractivity contribution in [3.63, 3.8) is 0 Å². The van der Waals surface area contributed by atoms with Crippen molar-refractivity contribution in [1.82, 2.24) is 9.88 Å². The number of piperidine rings is 1. The van der Waals surface area contributed by atoms with Crippen LogP contribution < -0.4 is 14.5 Å². The summed E-state index contributed by atoms with van der Waals surface area (Å²) < 4.78 is 64.6. The number of aromatic nitrogens is 1. The summed E-state index contributed by atoms with van der Waals surface area (Å²) in [5.41, 5.74) is -1.35. The largest absolute Gasteiger partial charge is 0.497 e. The number of amides is 1. The number of ether oxygens (including phenoxy) is 1. The highest BCUT2D eigenvalue weighted by atomic mass is 19.4. The Morgan fingerprint density at radius 1 is 1.00 bits per heavy atom. The molecule has 12 heteroatoms. The number of anilines is 2. The number of carboxylic acid groups (broad SMARTS) is 1. The topological polar surface area (TPSA) is 86.2 Å². The van der Waals surface area contributed by atoms with Crippen molar-refractivity contribution in [2.24, 2.45) is 11.8 Å². The van der Waals surface area contributed by atoms with Crippen LogP contribution in [0.2, 0.25) is 0 Å². The van der Waals surface area contributed by atoms with Gasteiger partial charge in [-0.15, -0.1) is 0 Å². The van der Waals surface area contributed by atoms with E-state index in [4.69, 9.17) is 4.74 Å². The minimum atomic E-state index is -4.56. The van der Waals surface area contributed by atoms with E-state index >= 15 is 4.39 Å². The van der Waals surface area contributed by atoms with Crippen LogP contribution in [0.4, 0.5) is 29.1 Å². The first-order chi connectivity index (χ1) is 22.9. The molecule has 3 aromatic rings. The lowest BCUT2D eigenvalue weighted by Gasteiger charge is -2.35. The lowest BCUT2D eigenvalue weighted by Crippen LogP contribution is -2.50. The third-order valence-electron chi connectivity index (χ3n) is 10.4. The van der Waals surface area contributed by atoms with E-state index in [1.54, 1.807) is 59.5 Å². The predicted octanol–water partition coefficient (Wildman–Crippen LogP) is 6.37. The zero-order valence-electron chi connectivity index (χ0n) is 27.0. The normalized spacial score (nSPS) is 25.0. The molecular formula is C36H40F4N4O4. The first-order valence-electron chi connectivity index (χ1n) is 16.4. The van der Waals surface area contributed by atoms with E-state index in [0.29, 0.717) is 60.7 Å². The smallest absolute Gasteiger partial charge is 0.416 e. The van der Waals surface area contributed by atoms with Crippen LogP contribution in [0, 0.1) is 11.8 Å². The molecule has 0 unspecified atom stereocenters. The number of aliphatic carboxylic acids is 1. The van der Waals surface area contributed by atoms with Crippen LogP contribution in [0.1, 0.15) is 54.7 Å². The van der Waals surface area contributed by atoms with Gasteiger partial charge in [-0.3, -0.25) is 9.59 Å². The Hall–Kier alpha value is -4.35. The van der Waals surface area contributed by atoms with Gasteiger partial charge in [0.05, 0.1) is 25.1 Å². The number of benzene rings is 2. The standard InChI is InChI=1S/C36H40F4N4O4/c1-3-23-19-43(20-29(23)28-12-9-26(36(38,39)40)18-31(28)42-16-13-25(14-17-42)33(45)46)34(47)35(37)22-44(32-6-4-5-15-41-32)21-30(35)24-7-10-27(48-2)11-8-24/h4-12,15,18,23,25,29-30H,3,13-14,16-17,19-22H2,1-2H3,(H,45,46)/t23-,29-,30-,35-/m0/s1. The van der Waals surface area contributed by atoms with Gasteiger partial charge in [0.1, 0.15) is 11.6 Å². The minimum Gasteiger partial charge on any atom is -0.497 e. The fourth-order valence-corrected chi connectivity index (χ4v) is 7.70. The second-order valence-electron chi connectivity index (χ2n) is 13.1. The molecule has 0 bridgehead atoms. The molecule has 0 aliphatic carbocycles. The van der Waals surface area contributed by atoms with E-state index in [0.717, 1.165) is 12.1 Å². The number of carbonyl (C=O) groups excluding carboxylic acids is 1. The van der Waals surface area contributed by atoms with Gasteiger partial charge < -0.3 is 24.5 Å². The maximum atomic E-state index is 17.6. The van der Waals surface area contributed by atoms with Crippen LogP contribution in [-0.4, -0.2) is 78.9 Å². The van der Waals surface area contributed by atoms with Crippen LogP contribution >= 0.6 is 0 Å². The van der Waals surface area contributed by atoms with E-state index in [9.17, 15) is 27.9 Å². The number of hydrogen-bond acceptors (Lipinski definition) is 6. The number of rotatable bonds is 8.